The molecule has 1 unspecified atom stereocenters. The lowest BCUT2D eigenvalue weighted by Crippen LogP contribution is -2.36. The summed E-state index contributed by atoms with van der Waals surface area (Å²) in [6.07, 6.45) is 0.963. The Labute approximate surface area is 196 Å². The molecule has 34 heavy (non-hydrogen) atoms. The second-order valence-electron chi connectivity index (χ2n) is 7.97. The van der Waals surface area contributed by atoms with Crippen molar-refractivity contribution in [3.05, 3.63) is 75.7 Å². The van der Waals surface area contributed by atoms with Gasteiger partial charge in [-0.1, -0.05) is 24.3 Å². The van der Waals surface area contributed by atoms with Gasteiger partial charge in [-0.3, -0.25) is 9.59 Å². The normalized spacial score (nSPS) is 11.5. The van der Waals surface area contributed by atoms with Crippen LogP contribution in [0.1, 0.15) is 29.2 Å². The molecular weight excluding hydrogens is 438 g/mol. The summed E-state index contributed by atoms with van der Waals surface area (Å²) in [7, 11) is 3.03. The van der Waals surface area contributed by atoms with E-state index in [0.717, 1.165) is 22.3 Å². The number of hydrogen-bond acceptors (Lipinski definition) is 5. The van der Waals surface area contributed by atoms with Crippen LogP contribution in [0.25, 0.3) is 11.1 Å². The third-order valence-electron chi connectivity index (χ3n) is 5.55. The standard InChI is InChI=1S/C25H27N3O6/c1-14-6-5-7-15(2)22(14)17-12-16(8-9-20(17)34-4)18(13-21(30)31)26-25(33)27-23-19(29)10-11-28(3)24(23)32/h5-12,18,29H,13H2,1-4H3,(H,30,31)(H2,26,27,33). The Hall–Kier alpha value is -4.27. The van der Waals surface area contributed by atoms with Crippen LogP contribution in [0.4, 0.5) is 10.5 Å². The number of benzene rings is 2. The van der Waals surface area contributed by atoms with E-state index in [1.807, 2.05) is 32.0 Å². The molecule has 0 radical (unpaired) electrons. The van der Waals surface area contributed by atoms with Gasteiger partial charge >= 0.3 is 12.0 Å². The molecule has 3 aromatic rings. The predicted octanol–water partition coefficient (Wildman–Crippen LogP) is 3.72. The molecule has 0 spiro atoms. The zero-order valence-electron chi connectivity index (χ0n) is 19.4. The Morgan fingerprint density at radius 3 is 2.41 bits per heavy atom. The first-order valence-electron chi connectivity index (χ1n) is 10.5. The van der Waals surface area contributed by atoms with Crippen LogP contribution < -0.4 is 20.9 Å². The maximum atomic E-state index is 12.7. The Bertz CT molecular complexity index is 1280. The number of carboxylic acid groups (broad SMARTS) is 1. The summed E-state index contributed by atoms with van der Waals surface area (Å²) in [6.45, 7) is 3.95. The monoisotopic (exact) mass is 465 g/mol. The van der Waals surface area contributed by atoms with Gasteiger partial charge in [0.05, 0.1) is 19.6 Å². The summed E-state index contributed by atoms with van der Waals surface area (Å²) in [5.74, 6) is -0.902. The molecular formula is C25H27N3O6. The highest BCUT2D eigenvalue weighted by Gasteiger charge is 2.22. The van der Waals surface area contributed by atoms with E-state index in [-0.39, 0.29) is 5.69 Å². The number of rotatable bonds is 7. The summed E-state index contributed by atoms with van der Waals surface area (Å²) >= 11 is 0. The zero-order chi connectivity index (χ0) is 25.0. The van der Waals surface area contributed by atoms with Crippen molar-refractivity contribution in [2.75, 3.05) is 12.4 Å². The number of carbonyl (C=O) groups excluding carboxylic acids is 1. The fraction of sp³-hybridized carbons (Fsp3) is 0.240. The number of anilines is 1. The fourth-order valence-corrected chi connectivity index (χ4v) is 3.85. The molecule has 0 bridgehead atoms. The lowest BCUT2D eigenvalue weighted by molar-refractivity contribution is -0.137. The molecule has 0 saturated heterocycles. The topological polar surface area (TPSA) is 130 Å². The SMILES string of the molecule is COc1ccc(C(CC(=O)O)NC(=O)Nc2c(O)ccn(C)c2=O)cc1-c1c(C)cccc1C. The highest BCUT2D eigenvalue weighted by molar-refractivity contribution is 5.91. The molecule has 0 aliphatic rings. The lowest BCUT2D eigenvalue weighted by atomic mass is 9.92. The van der Waals surface area contributed by atoms with Crippen molar-refractivity contribution >= 4 is 17.7 Å². The average molecular weight is 466 g/mol. The number of methoxy groups -OCH3 is 1. The van der Waals surface area contributed by atoms with Crippen LogP contribution >= 0.6 is 0 Å². The van der Waals surface area contributed by atoms with E-state index in [9.17, 15) is 24.6 Å². The molecule has 2 amide bonds. The van der Waals surface area contributed by atoms with E-state index in [4.69, 9.17) is 4.74 Å². The molecule has 0 fully saturated rings. The first kappa shape index (κ1) is 24.4. The van der Waals surface area contributed by atoms with Gasteiger partial charge in [-0.25, -0.2) is 4.79 Å². The van der Waals surface area contributed by atoms with Gasteiger partial charge in [0.15, 0.2) is 5.69 Å². The fourth-order valence-electron chi connectivity index (χ4n) is 3.85. The molecule has 4 N–H and O–H groups in total. The van der Waals surface area contributed by atoms with E-state index in [1.54, 1.807) is 25.3 Å². The Morgan fingerprint density at radius 2 is 1.79 bits per heavy atom. The van der Waals surface area contributed by atoms with E-state index >= 15 is 0 Å². The number of urea groups is 1. The Morgan fingerprint density at radius 1 is 1.12 bits per heavy atom. The molecule has 2 aromatic carbocycles. The number of carbonyl (C=O) groups is 2. The van der Waals surface area contributed by atoms with E-state index in [2.05, 4.69) is 10.6 Å². The number of nitrogens with zero attached hydrogens (tertiary/aromatic N) is 1. The summed E-state index contributed by atoms with van der Waals surface area (Å²) in [4.78, 5) is 36.5. The lowest BCUT2D eigenvalue weighted by Gasteiger charge is -2.21. The van der Waals surface area contributed by atoms with Crippen LogP contribution in [-0.2, 0) is 11.8 Å². The molecule has 1 heterocycles. The van der Waals surface area contributed by atoms with Crippen molar-refractivity contribution < 1.29 is 24.5 Å². The van der Waals surface area contributed by atoms with Gasteiger partial charge in [-0.05, 0) is 54.3 Å². The summed E-state index contributed by atoms with van der Waals surface area (Å²) in [5, 5.41) is 24.4. The number of ether oxygens (including phenoxy) is 1. The van der Waals surface area contributed by atoms with Gasteiger partial charge in [-0.2, -0.15) is 0 Å². The average Bonchev–Trinajstić information content (AvgIpc) is 2.78. The van der Waals surface area contributed by atoms with Crippen LogP contribution in [0, 0.1) is 13.8 Å². The van der Waals surface area contributed by atoms with E-state index in [0.29, 0.717) is 11.3 Å². The van der Waals surface area contributed by atoms with Crippen molar-refractivity contribution in [2.45, 2.75) is 26.3 Å². The number of carboxylic acids is 1. The number of nitrogens with one attached hydrogen (secondary N) is 2. The Kier molecular flexibility index (Phi) is 7.25. The number of pyridine rings is 1. The molecule has 178 valence electrons. The van der Waals surface area contributed by atoms with Gasteiger partial charge in [0, 0.05) is 18.8 Å². The molecule has 0 saturated carbocycles. The number of amides is 2. The quantitative estimate of drug-likeness (QED) is 0.421. The third kappa shape index (κ3) is 5.20. The van der Waals surface area contributed by atoms with Gasteiger partial charge < -0.3 is 30.2 Å². The minimum Gasteiger partial charge on any atom is -0.505 e. The molecule has 9 heteroatoms. The maximum absolute atomic E-state index is 12.7. The van der Waals surface area contributed by atoms with Crippen LogP contribution in [0.3, 0.4) is 0 Å². The van der Waals surface area contributed by atoms with Crippen molar-refractivity contribution in [3.63, 3.8) is 0 Å². The van der Waals surface area contributed by atoms with Crippen LogP contribution in [0.5, 0.6) is 11.5 Å². The first-order valence-corrected chi connectivity index (χ1v) is 10.5. The van der Waals surface area contributed by atoms with Crippen molar-refractivity contribution in [1.29, 1.82) is 0 Å². The minimum atomic E-state index is -1.12. The smallest absolute Gasteiger partial charge is 0.319 e. The van der Waals surface area contributed by atoms with Gasteiger partial charge in [0.2, 0.25) is 0 Å². The number of hydrogen-bond donors (Lipinski definition) is 4. The highest BCUT2D eigenvalue weighted by atomic mass is 16.5. The minimum absolute atomic E-state index is 0.303. The predicted molar refractivity (Wildman–Crippen MR) is 128 cm³/mol. The molecule has 9 nitrogen and oxygen atoms in total. The second-order valence-corrected chi connectivity index (χ2v) is 7.97. The van der Waals surface area contributed by atoms with Gasteiger partial charge in [0.25, 0.3) is 5.56 Å². The summed E-state index contributed by atoms with van der Waals surface area (Å²) in [5.41, 5.74) is 3.40. The third-order valence-corrected chi connectivity index (χ3v) is 5.55. The number of aryl methyl sites for hydroxylation is 3. The van der Waals surface area contributed by atoms with Crippen molar-refractivity contribution in [3.8, 4) is 22.6 Å². The summed E-state index contributed by atoms with van der Waals surface area (Å²) in [6, 6.07) is 10.6. The van der Waals surface area contributed by atoms with Crippen molar-refractivity contribution in [1.82, 2.24) is 9.88 Å². The van der Waals surface area contributed by atoms with Gasteiger partial charge in [-0.15, -0.1) is 0 Å². The summed E-state index contributed by atoms with van der Waals surface area (Å²) < 4.78 is 6.74. The molecule has 3 rings (SSSR count). The largest absolute Gasteiger partial charge is 0.505 e. The molecule has 1 atom stereocenters. The zero-order valence-corrected chi connectivity index (χ0v) is 19.4. The first-order chi connectivity index (χ1) is 16.1. The number of aliphatic carboxylic acids is 1. The van der Waals surface area contributed by atoms with Crippen LogP contribution in [0.15, 0.2) is 53.5 Å². The maximum Gasteiger partial charge on any atom is 0.319 e. The van der Waals surface area contributed by atoms with Crippen molar-refractivity contribution in [2.24, 2.45) is 7.05 Å². The molecule has 0 aliphatic carbocycles. The van der Waals surface area contributed by atoms with Crippen LogP contribution in [-0.4, -0.2) is 33.9 Å². The molecule has 0 aliphatic heterocycles. The van der Waals surface area contributed by atoms with E-state index in [1.165, 1.54) is 23.9 Å². The number of aromatic nitrogens is 1. The molecule has 1 aromatic heterocycles. The Balaban J connectivity index is 1.99. The van der Waals surface area contributed by atoms with Crippen LogP contribution in [0.2, 0.25) is 0 Å². The van der Waals surface area contributed by atoms with Gasteiger partial charge in [0.1, 0.15) is 11.5 Å². The number of aromatic hydroxyl groups is 1. The highest BCUT2D eigenvalue weighted by Crippen LogP contribution is 2.37. The van der Waals surface area contributed by atoms with E-state index < -0.39 is 35.8 Å². The second kappa shape index (κ2) is 10.1.